The number of Topliss-reactive ketones (excluding diaryl/α,β-unsaturated/α-hetero) is 1. The average Bonchev–Trinajstić information content (AvgIpc) is 2.61. The number of carbonyl (C=O) groups is 1. The summed E-state index contributed by atoms with van der Waals surface area (Å²) in [7, 11) is 0. The highest BCUT2D eigenvalue weighted by molar-refractivity contribution is 5.79. The van der Waals surface area contributed by atoms with E-state index in [1.165, 1.54) is 19.3 Å². The van der Waals surface area contributed by atoms with E-state index in [9.17, 15) is 4.79 Å². The van der Waals surface area contributed by atoms with Crippen molar-refractivity contribution in [3.63, 3.8) is 0 Å². The van der Waals surface area contributed by atoms with Gasteiger partial charge in [0.1, 0.15) is 6.61 Å². The molecule has 0 heterocycles. The number of carbonyl (C=O) groups excluding carboxylic acids is 1. The van der Waals surface area contributed by atoms with E-state index < -0.39 is 0 Å². The van der Waals surface area contributed by atoms with E-state index >= 15 is 0 Å². The molecule has 1 aliphatic carbocycles. The van der Waals surface area contributed by atoms with Crippen LogP contribution in [0.1, 0.15) is 59.3 Å². The van der Waals surface area contributed by atoms with E-state index in [-0.39, 0.29) is 5.78 Å². The van der Waals surface area contributed by atoms with Gasteiger partial charge in [-0.15, -0.1) is 0 Å². The second kappa shape index (κ2) is 7.86. The monoisotopic (exact) mass is 240 g/mol. The Morgan fingerprint density at radius 2 is 1.82 bits per heavy atom. The molecule has 2 unspecified atom stereocenters. The van der Waals surface area contributed by atoms with E-state index in [0.717, 1.165) is 31.3 Å². The van der Waals surface area contributed by atoms with Crippen molar-refractivity contribution >= 4 is 5.78 Å². The van der Waals surface area contributed by atoms with E-state index in [2.05, 4.69) is 20.8 Å². The van der Waals surface area contributed by atoms with E-state index in [1.807, 2.05) is 0 Å². The standard InChI is InChI=1S/C15H28O2/c1-4-5-6-7-14(16)10-17-11-15-12(2)8-9-13(15)3/h12-13,15H,4-11H2,1-3H3. The molecule has 0 aromatic carbocycles. The van der Waals surface area contributed by atoms with Crippen LogP contribution in [0.3, 0.4) is 0 Å². The minimum atomic E-state index is 0.275. The largest absolute Gasteiger partial charge is 0.373 e. The quantitative estimate of drug-likeness (QED) is 0.603. The fourth-order valence-corrected chi connectivity index (χ4v) is 2.80. The molecule has 17 heavy (non-hydrogen) atoms. The lowest BCUT2D eigenvalue weighted by Crippen LogP contribution is -2.20. The van der Waals surface area contributed by atoms with Crippen LogP contribution in [0.25, 0.3) is 0 Å². The molecular weight excluding hydrogens is 212 g/mol. The third-order valence-electron chi connectivity index (χ3n) is 4.17. The predicted molar refractivity (Wildman–Crippen MR) is 71.0 cm³/mol. The zero-order chi connectivity index (χ0) is 12.7. The van der Waals surface area contributed by atoms with Gasteiger partial charge < -0.3 is 4.74 Å². The SMILES string of the molecule is CCCCCC(=O)COCC1C(C)CCC1C. The first-order valence-corrected chi connectivity index (χ1v) is 7.24. The lowest BCUT2D eigenvalue weighted by atomic mass is 9.93. The Labute approximate surface area is 106 Å². The number of hydrogen-bond acceptors (Lipinski definition) is 2. The Morgan fingerprint density at radius 1 is 1.18 bits per heavy atom. The van der Waals surface area contributed by atoms with Gasteiger partial charge in [0.15, 0.2) is 5.78 Å². The van der Waals surface area contributed by atoms with Crippen LogP contribution in [-0.2, 0) is 9.53 Å². The minimum Gasteiger partial charge on any atom is -0.373 e. The number of rotatable bonds is 8. The summed E-state index contributed by atoms with van der Waals surface area (Å²) < 4.78 is 5.60. The Morgan fingerprint density at radius 3 is 2.41 bits per heavy atom. The highest BCUT2D eigenvalue weighted by Gasteiger charge is 2.30. The first-order valence-electron chi connectivity index (χ1n) is 7.24. The number of hydrogen-bond donors (Lipinski definition) is 0. The summed E-state index contributed by atoms with van der Waals surface area (Å²) in [5.74, 6) is 2.47. The van der Waals surface area contributed by atoms with Crippen LogP contribution in [0.15, 0.2) is 0 Å². The second-order valence-electron chi connectivity index (χ2n) is 5.71. The van der Waals surface area contributed by atoms with Gasteiger partial charge in [-0.2, -0.15) is 0 Å². The molecule has 1 rings (SSSR count). The van der Waals surface area contributed by atoms with Gasteiger partial charge >= 0.3 is 0 Å². The highest BCUT2D eigenvalue weighted by atomic mass is 16.5. The van der Waals surface area contributed by atoms with Crippen molar-refractivity contribution in [2.24, 2.45) is 17.8 Å². The van der Waals surface area contributed by atoms with Crippen molar-refractivity contribution in [1.82, 2.24) is 0 Å². The van der Waals surface area contributed by atoms with Crippen LogP contribution in [0.4, 0.5) is 0 Å². The van der Waals surface area contributed by atoms with Crippen molar-refractivity contribution in [3.8, 4) is 0 Å². The van der Waals surface area contributed by atoms with Crippen LogP contribution in [-0.4, -0.2) is 19.0 Å². The molecule has 2 heteroatoms. The summed E-state index contributed by atoms with van der Waals surface area (Å²) >= 11 is 0. The summed E-state index contributed by atoms with van der Waals surface area (Å²) in [4.78, 5) is 11.5. The summed E-state index contributed by atoms with van der Waals surface area (Å²) in [6.07, 6.45) is 6.69. The summed E-state index contributed by atoms with van der Waals surface area (Å²) in [5, 5.41) is 0. The minimum absolute atomic E-state index is 0.275. The molecule has 0 aromatic heterocycles. The molecule has 2 nitrogen and oxygen atoms in total. The normalized spacial score (nSPS) is 28.5. The van der Waals surface area contributed by atoms with Gasteiger partial charge in [-0.3, -0.25) is 4.79 Å². The van der Waals surface area contributed by atoms with Crippen LogP contribution in [0.5, 0.6) is 0 Å². The fourth-order valence-electron chi connectivity index (χ4n) is 2.80. The van der Waals surface area contributed by atoms with Gasteiger partial charge in [-0.05, 0) is 24.2 Å². The predicted octanol–water partition coefficient (Wildman–Crippen LogP) is 3.83. The van der Waals surface area contributed by atoms with Gasteiger partial charge in [-0.25, -0.2) is 0 Å². The molecule has 0 bridgehead atoms. The van der Waals surface area contributed by atoms with Gasteiger partial charge in [0.05, 0.1) is 6.61 Å². The molecule has 0 aromatic rings. The molecular formula is C15H28O2. The summed E-state index contributed by atoms with van der Waals surface area (Å²) in [5.41, 5.74) is 0. The molecule has 100 valence electrons. The maximum absolute atomic E-state index is 11.5. The van der Waals surface area contributed by atoms with Crippen LogP contribution < -0.4 is 0 Å². The fraction of sp³-hybridized carbons (Fsp3) is 0.933. The van der Waals surface area contributed by atoms with Crippen molar-refractivity contribution in [3.05, 3.63) is 0 Å². The third-order valence-corrected chi connectivity index (χ3v) is 4.17. The Balaban J connectivity index is 2.08. The maximum Gasteiger partial charge on any atom is 0.158 e. The third kappa shape index (κ3) is 5.20. The van der Waals surface area contributed by atoms with Crippen LogP contribution in [0, 0.1) is 17.8 Å². The van der Waals surface area contributed by atoms with Crippen LogP contribution >= 0.6 is 0 Å². The number of ether oxygens (including phenoxy) is 1. The summed E-state index contributed by atoms with van der Waals surface area (Å²) in [6, 6.07) is 0. The van der Waals surface area contributed by atoms with Crippen molar-refractivity contribution in [2.75, 3.05) is 13.2 Å². The summed E-state index contributed by atoms with van der Waals surface area (Å²) in [6.45, 7) is 7.88. The topological polar surface area (TPSA) is 26.3 Å². The molecule has 0 N–H and O–H groups in total. The molecule has 1 aliphatic rings. The average molecular weight is 240 g/mol. The van der Waals surface area contributed by atoms with E-state index in [1.54, 1.807) is 0 Å². The van der Waals surface area contributed by atoms with Gasteiger partial charge in [-0.1, -0.05) is 46.5 Å². The zero-order valence-electron chi connectivity index (χ0n) is 11.7. The second-order valence-corrected chi connectivity index (χ2v) is 5.71. The maximum atomic E-state index is 11.5. The molecule has 0 saturated heterocycles. The van der Waals surface area contributed by atoms with Crippen molar-refractivity contribution in [1.29, 1.82) is 0 Å². The highest BCUT2D eigenvalue weighted by Crippen LogP contribution is 2.36. The lowest BCUT2D eigenvalue weighted by molar-refractivity contribution is -0.124. The number of unbranched alkanes of at least 4 members (excludes halogenated alkanes) is 2. The Bertz CT molecular complexity index is 215. The first kappa shape index (κ1) is 14.7. The van der Waals surface area contributed by atoms with Crippen molar-refractivity contribution in [2.45, 2.75) is 59.3 Å². The van der Waals surface area contributed by atoms with Crippen LogP contribution in [0.2, 0.25) is 0 Å². The zero-order valence-corrected chi connectivity index (χ0v) is 11.7. The smallest absolute Gasteiger partial charge is 0.158 e. The van der Waals surface area contributed by atoms with Gasteiger partial charge in [0, 0.05) is 6.42 Å². The molecule has 0 amide bonds. The molecule has 1 fully saturated rings. The van der Waals surface area contributed by atoms with E-state index in [0.29, 0.717) is 18.9 Å². The molecule has 0 aliphatic heterocycles. The first-order chi connectivity index (χ1) is 8.15. The lowest BCUT2D eigenvalue weighted by Gasteiger charge is -2.19. The molecule has 2 atom stereocenters. The van der Waals surface area contributed by atoms with Crippen molar-refractivity contribution < 1.29 is 9.53 Å². The van der Waals surface area contributed by atoms with Gasteiger partial charge in [0.25, 0.3) is 0 Å². The Hall–Kier alpha value is -0.370. The van der Waals surface area contributed by atoms with Gasteiger partial charge in [0.2, 0.25) is 0 Å². The van der Waals surface area contributed by atoms with E-state index in [4.69, 9.17) is 4.74 Å². The molecule has 1 saturated carbocycles. The number of ketones is 1. The molecule has 0 radical (unpaired) electrons. The Kier molecular flexibility index (Phi) is 6.79. The molecule has 0 spiro atoms.